The summed E-state index contributed by atoms with van der Waals surface area (Å²) in [5.41, 5.74) is 2.84. The van der Waals surface area contributed by atoms with Crippen LogP contribution < -0.4 is 0 Å². The van der Waals surface area contributed by atoms with Gasteiger partial charge in [-0.15, -0.1) is 5.10 Å². The Bertz CT molecular complexity index is 561. The van der Waals surface area contributed by atoms with Crippen molar-refractivity contribution < 1.29 is 9.90 Å². The normalized spacial score (nSPS) is 10.5. The molecule has 2 aromatic rings. The van der Waals surface area contributed by atoms with Gasteiger partial charge in [0.1, 0.15) is 0 Å². The van der Waals surface area contributed by atoms with Crippen LogP contribution in [0.5, 0.6) is 0 Å². The number of rotatable bonds is 3. The van der Waals surface area contributed by atoms with Gasteiger partial charge >= 0.3 is 5.97 Å². The van der Waals surface area contributed by atoms with Crippen molar-refractivity contribution in [2.24, 2.45) is 0 Å². The topological polar surface area (TPSA) is 68.0 Å². The molecule has 0 bridgehead atoms. The van der Waals surface area contributed by atoms with E-state index in [1.54, 1.807) is 11.6 Å². The molecule has 0 aliphatic carbocycles. The number of aromatic nitrogens is 3. The fourth-order valence-corrected chi connectivity index (χ4v) is 1.66. The van der Waals surface area contributed by atoms with Crippen LogP contribution in [0.4, 0.5) is 0 Å². The summed E-state index contributed by atoms with van der Waals surface area (Å²) in [4.78, 5) is 10.8. The molecule has 0 atom stereocenters. The quantitative estimate of drug-likeness (QED) is 0.871. The molecule has 88 valence electrons. The van der Waals surface area contributed by atoms with Gasteiger partial charge in [-0.3, -0.25) is 0 Å². The van der Waals surface area contributed by atoms with E-state index in [0.29, 0.717) is 12.2 Å². The van der Waals surface area contributed by atoms with Gasteiger partial charge in [-0.2, -0.15) is 0 Å². The SMILES string of the molecule is Cc1ccccc1Cn1nnc(C(=O)O)c1C. The molecule has 1 aromatic heterocycles. The Morgan fingerprint density at radius 2 is 2.06 bits per heavy atom. The van der Waals surface area contributed by atoms with Gasteiger partial charge < -0.3 is 5.11 Å². The molecular formula is C12H13N3O2. The Hall–Kier alpha value is -2.17. The van der Waals surface area contributed by atoms with Crippen molar-refractivity contribution in [1.29, 1.82) is 0 Å². The Kier molecular flexibility index (Phi) is 2.91. The first kappa shape index (κ1) is 11.3. The number of carboxylic acid groups (broad SMARTS) is 1. The second-order valence-electron chi connectivity index (χ2n) is 3.91. The van der Waals surface area contributed by atoms with Gasteiger partial charge in [0.25, 0.3) is 0 Å². The standard InChI is InChI=1S/C12H13N3O2/c1-8-5-3-4-6-10(8)7-15-9(2)11(12(16)17)13-14-15/h3-6H,7H2,1-2H3,(H,16,17). The highest BCUT2D eigenvalue weighted by Gasteiger charge is 2.15. The van der Waals surface area contributed by atoms with Crippen LogP contribution in [-0.2, 0) is 6.54 Å². The lowest BCUT2D eigenvalue weighted by molar-refractivity contribution is 0.0689. The zero-order valence-corrected chi connectivity index (χ0v) is 9.71. The third-order valence-electron chi connectivity index (χ3n) is 2.77. The lowest BCUT2D eigenvalue weighted by atomic mass is 10.1. The summed E-state index contributed by atoms with van der Waals surface area (Å²) >= 11 is 0. The van der Waals surface area contributed by atoms with Crippen LogP contribution in [0.1, 0.15) is 27.3 Å². The number of nitrogens with zero attached hydrogens (tertiary/aromatic N) is 3. The lowest BCUT2D eigenvalue weighted by Crippen LogP contribution is -2.06. The van der Waals surface area contributed by atoms with Crippen LogP contribution in [-0.4, -0.2) is 26.1 Å². The van der Waals surface area contributed by atoms with Gasteiger partial charge in [0, 0.05) is 0 Å². The van der Waals surface area contributed by atoms with Gasteiger partial charge in [0.2, 0.25) is 0 Å². The summed E-state index contributed by atoms with van der Waals surface area (Å²) in [6.07, 6.45) is 0. The Morgan fingerprint density at radius 3 is 2.65 bits per heavy atom. The molecular weight excluding hydrogens is 218 g/mol. The van der Waals surface area contributed by atoms with Gasteiger partial charge in [-0.05, 0) is 25.0 Å². The molecule has 1 N–H and O–H groups in total. The lowest BCUT2D eigenvalue weighted by Gasteiger charge is -2.06. The average molecular weight is 231 g/mol. The number of hydrogen-bond acceptors (Lipinski definition) is 3. The first-order valence-electron chi connectivity index (χ1n) is 5.27. The Morgan fingerprint density at radius 1 is 1.35 bits per heavy atom. The molecule has 0 fully saturated rings. The maximum atomic E-state index is 10.8. The summed E-state index contributed by atoms with van der Waals surface area (Å²) in [6.45, 7) is 4.26. The van der Waals surface area contributed by atoms with Crippen molar-refractivity contribution in [2.75, 3.05) is 0 Å². The number of hydrogen-bond donors (Lipinski definition) is 1. The maximum Gasteiger partial charge on any atom is 0.358 e. The average Bonchev–Trinajstić information content (AvgIpc) is 2.64. The number of benzene rings is 1. The number of carbonyl (C=O) groups is 1. The van der Waals surface area contributed by atoms with Crippen LogP contribution >= 0.6 is 0 Å². The van der Waals surface area contributed by atoms with Gasteiger partial charge in [-0.25, -0.2) is 9.48 Å². The minimum absolute atomic E-state index is 0.0126. The summed E-state index contributed by atoms with van der Waals surface area (Å²) in [7, 11) is 0. The second-order valence-corrected chi connectivity index (χ2v) is 3.91. The Balaban J connectivity index is 2.31. The van der Waals surface area contributed by atoms with Gasteiger partial charge in [0.05, 0.1) is 12.2 Å². The monoisotopic (exact) mass is 231 g/mol. The van der Waals surface area contributed by atoms with E-state index in [4.69, 9.17) is 5.11 Å². The molecule has 0 radical (unpaired) electrons. The summed E-state index contributed by atoms with van der Waals surface area (Å²) in [6, 6.07) is 7.93. The molecule has 0 unspecified atom stereocenters. The first-order chi connectivity index (χ1) is 8.09. The van der Waals surface area contributed by atoms with Crippen molar-refractivity contribution in [2.45, 2.75) is 20.4 Å². The summed E-state index contributed by atoms with van der Waals surface area (Å²) in [5, 5.41) is 16.4. The highest BCUT2D eigenvalue weighted by molar-refractivity contribution is 5.86. The minimum atomic E-state index is -1.04. The highest BCUT2D eigenvalue weighted by Crippen LogP contribution is 2.11. The van der Waals surface area contributed by atoms with Gasteiger partial charge in [0.15, 0.2) is 5.69 Å². The number of aromatic carboxylic acids is 1. The van der Waals surface area contributed by atoms with Crippen LogP contribution in [0.3, 0.4) is 0 Å². The van der Waals surface area contributed by atoms with E-state index in [1.807, 2.05) is 31.2 Å². The molecule has 1 aromatic carbocycles. The molecule has 5 nitrogen and oxygen atoms in total. The zero-order chi connectivity index (χ0) is 12.4. The Labute approximate surface area is 98.7 Å². The number of aryl methyl sites for hydroxylation is 1. The molecule has 2 rings (SSSR count). The predicted molar refractivity (Wildman–Crippen MR) is 62.0 cm³/mol. The molecule has 0 spiro atoms. The number of carboxylic acids is 1. The van der Waals surface area contributed by atoms with Crippen molar-refractivity contribution in [3.63, 3.8) is 0 Å². The molecule has 17 heavy (non-hydrogen) atoms. The maximum absolute atomic E-state index is 10.8. The first-order valence-corrected chi connectivity index (χ1v) is 5.27. The summed E-state index contributed by atoms with van der Waals surface area (Å²) in [5.74, 6) is -1.04. The fraction of sp³-hybridized carbons (Fsp3) is 0.250. The van der Waals surface area contributed by atoms with Crippen molar-refractivity contribution >= 4 is 5.97 Å². The highest BCUT2D eigenvalue weighted by atomic mass is 16.4. The smallest absolute Gasteiger partial charge is 0.358 e. The summed E-state index contributed by atoms with van der Waals surface area (Å²) < 4.78 is 1.60. The van der Waals surface area contributed by atoms with E-state index < -0.39 is 5.97 Å². The third-order valence-corrected chi connectivity index (χ3v) is 2.77. The largest absolute Gasteiger partial charge is 0.476 e. The van der Waals surface area contributed by atoms with E-state index in [0.717, 1.165) is 11.1 Å². The van der Waals surface area contributed by atoms with Gasteiger partial charge in [-0.1, -0.05) is 29.5 Å². The van der Waals surface area contributed by atoms with Crippen molar-refractivity contribution in [1.82, 2.24) is 15.0 Å². The molecule has 0 saturated heterocycles. The molecule has 1 heterocycles. The van der Waals surface area contributed by atoms with Crippen molar-refractivity contribution in [3.8, 4) is 0 Å². The van der Waals surface area contributed by atoms with E-state index >= 15 is 0 Å². The van der Waals surface area contributed by atoms with E-state index in [1.165, 1.54) is 0 Å². The van der Waals surface area contributed by atoms with Crippen LogP contribution in [0, 0.1) is 13.8 Å². The predicted octanol–water partition coefficient (Wildman–Crippen LogP) is 1.64. The fourth-order valence-electron chi connectivity index (χ4n) is 1.66. The van der Waals surface area contributed by atoms with Crippen molar-refractivity contribution in [3.05, 3.63) is 46.8 Å². The molecule has 5 heteroatoms. The van der Waals surface area contributed by atoms with E-state index in [2.05, 4.69) is 10.3 Å². The minimum Gasteiger partial charge on any atom is -0.476 e. The zero-order valence-electron chi connectivity index (χ0n) is 9.71. The third kappa shape index (κ3) is 2.18. The molecule has 0 amide bonds. The molecule has 0 aliphatic heterocycles. The second kappa shape index (κ2) is 4.37. The molecule has 0 aliphatic rings. The van der Waals surface area contributed by atoms with Crippen LogP contribution in [0.2, 0.25) is 0 Å². The van der Waals surface area contributed by atoms with Crippen LogP contribution in [0.15, 0.2) is 24.3 Å². The molecule has 0 saturated carbocycles. The van der Waals surface area contributed by atoms with E-state index in [9.17, 15) is 4.79 Å². The van der Waals surface area contributed by atoms with Crippen LogP contribution in [0.25, 0.3) is 0 Å². The van der Waals surface area contributed by atoms with E-state index in [-0.39, 0.29) is 5.69 Å².